The number of nitrogens with two attached hydrogens (primary N) is 1. The number of carboxylic acid groups (broad SMARTS) is 1. The maximum Gasteiger partial charge on any atom is 0.490 e. The fraction of sp³-hybridized carbons (Fsp3) is 0.0500. The highest BCUT2D eigenvalue weighted by Crippen LogP contribution is 2.21. The summed E-state index contributed by atoms with van der Waals surface area (Å²) in [6, 6.07) is 20.1. The van der Waals surface area contributed by atoms with Crippen molar-refractivity contribution in [1.29, 1.82) is 5.41 Å². The van der Waals surface area contributed by atoms with Gasteiger partial charge >= 0.3 is 18.2 Å². The van der Waals surface area contributed by atoms with Crippen LogP contribution in [-0.4, -0.2) is 29.1 Å². The van der Waals surface area contributed by atoms with Gasteiger partial charge in [0.25, 0.3) is 0 Å². The Kier molecular flexibility index (Phi) is 6.97. The molecule has 10 heteroatoms. The average Bonchev–Trinajstić information content (AvgIpc) is 2.68. The maximum absolute atomic E-state index is 12.0. The number of fused-ring (bicyclic) bond motifs is 1. The number of alkyl halides is 3. The van der Waals surface area contributed by atoms with Gasteiger partial charge < -0.3 is 21.5 Å². The zero-order valence-corrected chi connectivity index (χ0v) is 15.3. The lowest BCUT2D eigenvalue weighted by Gasteiger charge is -2.09. The zero-order valence-electron chi connectivity index (χ0n) is 15.3. The van der Waals surface area contributed by atoms with Gasteiger partial charge in [0.1, 0.15) is 5.84 Å². The molecule has 7 nitrogen and oxygen atoms in total. The molecule has 30 heavy (non-hydrogen) atoms. The number of carbonyl (C=O) groups excluding carboxylic acids is 1. The number of anilines is 2. The third-order valence-electron chi connectivity index (χ3n) is 3.68. The summed E-state index contributed by atoms with van der Waals surface area (Å²) in [6.07, 6.45) is -5.08. The van der Waals surface area contributed by atoms with E-state index in [2.05, 4.69) is 10.6 Å². The number of nitrogens with one attached hydrogen (secondary N) is 3. The summed E-state index contributed by atoms with van der Waals surface area (Å²) in [5, 5.41) is 22.1. The highest BCUT2D eigenvalue weighted by Gasteiger charge is 2.38. The van der Waals surface area contributed by atoms with Crippen molar-refractivity contribution in [2.24, 2.45) is 5.73 Å². The van der Waals surface area contributed by atoms with Crippen LogP contribution < -0.4 is 16.4 Å². The minimum absolute atomic E-state index is 0.0383. The number of halogens is 3. The molecule has 156 valence electrons. The number of urea groups is 1. The molecular weight excluding hydrogens is 401 g/mol. The second kappa shape index (κ2) is 9.41. The largest absolute Gasteiger partial charge is 0.490 e. The van der Waals surface area contributed by atoms with Gasteiger partial charge in [0, 0.05) is 16.9 Å². The predicted octanol–water partition coefficient (Wildman–Crippen LogP) is 4.40. The van der Waals surface area contributed by atoms with E-state index in [-0.39, 0.29) is 11.9 Å². The van der Waals surface area contributed by atoms with Crippen molar-refractivity contribution in [3.05, 3.63) is 72.3 Å². The highest BCUT2D eigenvalue weighted by atomic mass is 19.4. The average molecular weight is 418 g/mol. The van der Waals surface area contributed by atoms with E-state index in [0.29, 0.717) is 11.3 Å². The standard InChI is InChI=1S/C18H16N4O.C2HF3O2/c19-17(20)14-7-6-13-11-16(9-8-12(13)10-14)22-18(23)21-15-4-2-1-3-5-15;3-2(4,5)1(6)7/h1-11H,(H3,19,20)(H2,21,22,23);(H,6,7). The summed E-state index contributed by atoms with van der Waals surface area (Å²) in [6.45, 7) is 0. The van der Waals surface area contributed by atoms with Crippen LogP contribution in [-0.2, 0) is 4.79 Å². The number of carbonyl (C=O) groups is 2. The first-order valence-corrected chi connectivity index (χ1v) is 8.37. The van der Waals surface area contributed by atoms with Gasteiger partial charge in [0.05, 0.1) is 0 Å². The van der Waals surface area contributed by atoms with Crippen molar-refractivity contribution in [3.63, 3.8) is 0 Å². The molecule has 0 aliphatic rings. The van der Waals surface area contributed by atoms with Crippen molar-refractivity contribution in [3.8, 4) is 0 Å². The van der Waals surface area contributed by atoms with E-state index in [0.717, 1.165) is 16.5 Å². The minimum Gasteiger partial charge on any atom is -0.475 e. The molecule has 0 aliphatic heterocycles. The Morgan fingerprint density at radius 3 is 1.97 bits per heavy atom. The monoisotopic (exact) mass is 418 g/mol. The normalized spacial score (nSPS) is 10.5. The number of amidine groups is 1. The first-order valence-electron chi connectivity index (χ1n) is 8.37. The molecule has 0 saturated carbocycles. The molecule has 0 spiro atoms. The molecule has 0 unspecified atom stereocenters. The number of carboxylic acids is 1. The number of benzene rings is 3. The van der Waals surface area contributed by atoms with Gasteiger partial charge in [-0.3, -0.25) is 5.41 Å². The zero-order chi connectivity index (χ0) is 22.3. The maximum atomic E-state index is 12.0. The molecule has 3 aromatic rings. The van der Waals surface area contributed by atoms with Crippen LogP contribution in [0.3, 0.4) is 0 Å². The van der Waals surface area contributed by atoms with Gasteiger partial charge in [-0.25, -0.2) is 9.59 Å². The molecule has 0 aromatic heterocycles. The van der Waals surface area contributed by atoms with E-state index in [9.17, 15) is 18.0 Å². The molecule has 6 N–H and O–H groups in total. The third-order valence-corrected chi connectivity index (χ3v) is 3.68. The van der Waals surface area contributed by atoms with Crippen LogP contribution in [0.4, 0.5) is 29.3 Å². The Morgan fingerprint density at radius 2 is 1.40 bits per heavy atom. The summed E-state index contributed by atoms with van der Waals surface area (Å²) >= 11 is 0. The van der Waals surface area contributed by atoms with Gasteiger partial charge in [-0.1, -0.05) is 36.4 Å². The van der Waals surface area contributed by atoms with Gasteiger partial charge in [0.2, 0.25) is 0 Å². The van der Waals surface area contributed by atoms with Crippen LogP contribution >= 0.6 is 0 Å². The van der Waals surface area contributed by atoms with E-state index < -0.39 is 12.1 Å². The summed E-state index contributed by atoms with van der Waals surface area (Å²) < 4.78 is 31.7. The van der Waals surface area contributed by atoms with Crippen molar-refractivity contribution < 1.29 is 27.9 Å². The molecule has 0 bridgehead atoms. The molecule has 2 amide bonds. The number of para-hydroxylation sites is 1. The smallest absolute Gasteiger partial charge is 0.475 e. The lowest BCUT2D eigenvalue weighted by molar-refractivity contribution is -0.192. The van der Waals surface area contributed by atoms with E-state index in [1.807, 2.05) is 60.7 Å². The third kappa shape index (κ3) is 6.51. The van der Waals surface area contributed by atoms with Crippen LogP contribution in [0.1, 0.15) is 5.56 Å². The summed E-state index contributed by atoms with van der Waals surface area (Å²) in [4.78, 5) is 20.9. The molecule has 3 aromatic carbocycles. The lowest BCUT2D eigenvalue weighted by atomic mass is 10.1. The Bertz CT molecular complexity index is 1070. The van der Waals surface area contributed by atoms with Gasteiger partial charge in [0.15, 0.2) is 0 Å². The van der Waals surface area contributed by atoms with Crippen molar-refractivity contribution in [2.75, 3.05) is 10.6 Å². The predicted molar refractivity (Wildman–Crippen MR) is 108 cm³/mol. The van der Waals surface area contributed by atoms with Crippen LogP contribution in [0.15, 0.2) is 66.7 Å². The van der Waals surface area contributed by atoms with Crippen molar-refractivity contribution >= 4 is 40.0 Å². The topological polar surface area (TPSA) is 128 Å². The van der Waals surface area contributed by atoms with E-state index in [1.54, 1.807) is 6.07 Å². The lowest BCUT2D eigenvalue weighted by Crippen LogP contribution is -2.21. The first kappa shape index (κ1) is 22.2. The molecule has 0 atom stereocenters. The van der Waals surface area contributed by atoms with Gasteiger partial charge in [-0.2, -0.15) is 13.2 Å². The van der Waals surface area contributed by atoms with Gasteiger partial charge in [-0.05, 0) is 41.1 Å². The van der Waals surface area contributed by atoms with Crippen LogP contribution in [0, 0.1) is 5.41 Å². The molecule has 0 aliphatic carbocycles. The van der Waals surface area contributed by atoms with E-state index in [1.165, 1.54) is 0 Å². The number of hydrogen-bond donors (Lipinski definition) is 5. The fourth-order valence-electron chi connectivity index (χ4n) is 2.31. The Hall–Kier alpha value is -4.08. The summed E-state index contributed by atoms with van der Waals surface area (Å²) in [5.74, 6) is -2.72. The quantitative estimate of drug-likeness (QED) is 0.319. The molecule has 0 heterocycles. The van der Waals surface area contributed by atoms with Crippen LogP contribution in [0.2, 0.25) is 0 Å². The summed E-state index contributed by atoms with van der Waals surface area (Å²) in [7, 11) is 0. The van der Waals surface area contributed by atoms with E-state index in [4.69, 9.17) is 21.0 Å². The molecule has 0 fully saturated rings. The number of hydrogen-bond acceptors (Lipinski definition) is 3. The first-order chi connectivity index (χ1) is 14.1. The van der Waals surface area contributed by atoms with Crippen LogP contribution in [0.5, 0.6) is 0 Å². The highest BCUT2D eigenvalue weighted by molar-refractivity contribution is 6.02. The number of nitrogen functional groups attached to an aromatic ring is 1. The second-order valence-electron chi connectivity index (χ2n) is 5.94. The second-order valence-corrected chi connectivity index (χ2v) is 5.94. The van der Waals surface area contributed by atoms with Crippen molar-refractivity contribution in [1.82, 2.24) is 0 Å². The Balaban J connectivity index is 0.000000396. The molecule has 0 saturated heterocycles. The Morgan fingerprint density at radius 1 is 0.867 bits per heavy atom. The fourth-order valence-corrected chi connectivity index (χ4v) is 2.31. The van der Waals surface area contributed by atoms with Gasteiger partial charge in [-0.15, -0.1) is 0 Å². The minimum atomic E-state index is -5.08. The number of aliphatic carboxylic acids is 1. The number of amides is 2. The Labute approximate surface area is 168 Å². The van der Waals surface area contributed by atoms with Crippen molar-refractivity contribution in [2.45, 2.75) is 6.18 Å². The summed E-state index contributed by atoms with van der Waals surface area (Å²) in [5.41, 5.74) is 7.60. The molecular formula is C20H17F3N4O3. The SMILES string of the molecule is N=C(N)c1ccc2cc(NC(=O)Nc3ccccc3)ccc2c1.O=C(O)C(F)(F)F. The number of rotatable bonds is 3. The van der Waals surface area contributed by atoms with E-state index >= 15 is 0 Å². The van der Waals surface area contributed by atoms with Crippen LogP contribution in [0.25, 0.3) is 10.8 Å². The molecule has 0 radical (unpaired) electrons. The molecule has 3 rings (SSSR count).